The quantitative estimate of drug-likeness (QED) is 0.572. The molecule has 1 aromatic heterocycles. The molecule has 4 rings (SSSR count). The average molecular weight is 468 g/mol. The van der Waals surface area contributed by atoms with E-state index >= 15 is 0 Å². The molecule has 0 atom stereocenters. The predicted molar refractivity (Wildman–Crippen MR) is 113 cm³/mol. The molecule has 0 saturated carbocycles. The Bertz CT molecular complexity index is 1150. The number of nitrogens with one attached hydrogen (secondary N) is 1. The highest BCUT2D eigenvalue weighted by molar-refractivity contribution is 9.10. The van der Waals surface area contributed by atoms with E-state index in [2.05, 4.69) is 26.2 Å². The van der Waals surface area contributed by atoms with Crippen molar-refractivity contribution in [3.8, 4) is 0 Å². The van der Waals surface area contributed by atoms with Gasteiger partial charge in [-0.25, -0.2) is 4.98 Å². The Morgan fingerprint density at radius 3 is 2.52 bits per heavy atom. The lowest BCUT2D eigenvalue weighted by atomic mass is 10.1. The molecule has 1 N–H and O–H groups in total. The molecule has 8 heteroatoms. The molecule has 0 bridgehead atoms. The maximum absolute atomic E-state index is 12.9. The van der Waals surface area contributed by atoms with Gasteiger partial charge in [-0.05, 0) is 54.6 Å². The number of rotatable bonds is 4. The first-order valence-electron chi connectivity index (χ1n) is 8.60. The van der Waals surface area contributed by atoms with Gasteiger partial charge < -0.3 is 5.32 Å². The summed E-state index contributed by atoms with van der Waals surface area (Å²) >= 11 is 4.79. The van der Waals surface area contributed by atoms with Crippen LogP contribution in [0, 0.1) is 0 Å². The van der Waals surface area contributed by atoms with E-state index in [1.165, 1.54) is 24.9 Å². The molecule has 0 saturated heterocycles. The van der Waals surface area contributed by atoms with E-state index in [9.17, 15) is 14.4 Å². The maximum atomic E-state index is 12.9. The number of aromatic nitrogens is 1. The van der Waals surface area contributed by atoms with Gasteiger partial charge in [0.05, 0.1) is 16.7 Å². The number of hydrogen-bond donors (Lipinski definition) is 1. The van der Waals surface area contributed by atoms with Crippen LogP contribution in [0.1, 0.15) is 31.1 Å². The molecule has 0 fully saturated rings. The number of pyridine rings is 1. The number of benzene rings is 2. The molecule has 1 aliphatic heterocycles. The zero-order chi connectivity index (χ0) is 20.5. The number of carbonyl (C=O) groups is 3. The van der Waals surface area contributed by atoms with Gasteiger partial charge in [-0.2, -0.15) is 0 Å². The second-order valence-corrected chi connectivity index (χ2v) is 8.27. The van der Waals surface area contributed by atoms with Crippen LogP contribution >= 0.6 is 27.7 Å². The summed E-state index contributed by atoms with van der Waals surface area (Å²) in [6, 6.07) is 15.8. The van der Waals surface area contributed by atoms with Crippen molar-refractivity contribution in [3.63, 3.8) is 0 Å². The van der Waals surface area contributed by atoms with E-state index in [1.54, 1.807) is 30.5 Å². The van der Waals surface area contributed by atoms with E-state index in [-0.39, 0.29) is 23.3 Å². The predicted octanol–water partition coefficient (Wildman–Crippen LogP) is 4.47. The van der Waals surface area contributed by atoms with Crippen LogP contribution in [-0.2, 0) is 0 Å². The first-order chi connectivity index (χ1) is 13.9. The zero-order valence-corrected chi connectivity index (χ0v) is 17.6. The molecule has 3 amide bonds. The third-order valence-electron chi connectivity index (χ3n) is 4.39. The van der Waals surface area contributed by atoms with Gasteiger partial charge in [0.2, 0.25) is 0 Å². The number of amides is 3. The van der Waals surface area contributed by atoms with Gasteiger partial charge in [0, 0.05) is 28.3 Å². The Balaban J connectivity index is 1.58. The van der Waals surface area contributed by atoms with Crippen molar-refractivity contribution in [2.45, 2.75) is 9.92 Å². The zero-order valence-electron chi connectivity index (χ0n) is 15.2. The fourth-order valence-corrected chi connectivity index (χ4v) is 4.04. The van der Waals surface area contributed by atoms with Crippen molar-refractivity contribution < 1.29 is 14.4 Å². The smallest absolute Gasteiger partial charge is 0.261 e. The van der Waals surface area contributed by atoms with Crippen LogP contribution in [0.4, 0.5) is 5.69 Å². The van der Waals surface area contributed by atoms with Crippen LogP contribution in [-0.4, -0.2) is 34.7 Å². The summed E-state index contributed by atoms with van der Waals surface area (Å²) in [5.41, 5.74) is 1.48. The van der Waals surface area contributed by atoms with E-state index in [1.807, 2.05) is 24.3 Å². The van der Waals surface area contributed by atoms with Crippen molar-refractivity contribution in [1.29, 1.82) is 0 Å². The van der Waals surface area contributed by atoms with Gasteiger partial charge in [0.25, 0.3) is 17.7 Å². The fraction of sp³-hybridized carbons (Fsp3) is 0.0476. The van der Waals surface area contributed by atoms with E-state index in [4.69, 9.17) is 0 Å². The maximum Gasteiger partial charge on any atom is 0.261 e. The molecule has 3 aromatic rings. The number of nitrogens with zero attached hydrogens (tertiary/aromatic N) is 2. The molecule has 144 valence electrons. The largest absolute Gasteiger partial charge is 0.322 e. The summed E-state index contributed by atoms with van der Waals surface area (Å²) in [5.74, 6) is -1.07. The van der Waals surface area contributed by atoms with Gasteiger partial charge >= 0.3 is 0 Å². The van der Waals surface area contributed by atoms with E-state index < -0.39 is 0 Å². The number of fused-ring (bicyclic) bond motifs is 1. The summed E-state index contributed by atoms with van der Waals surface area (Å²) in [4.78, 5) is 43.4. The van der Waals surface area contributed by atoms with Crippen molar-refractivity contribution in [1.82, 2.24) is 9.88 Å². The fourth-order valence-electron chi connectivity index (χ4n) is 2.90. The normalized spacial score (nSPS) is 12.8. The second kappa shape index (κ2) is 7.81. The van der Waals surface area contributed by atoms with Gasteiger partial charge in [-0.3, -0.25) is 19.3 Å². The minimum absolute atomic E-state index is 0.283. The standard InChI is InChI=1S/C21H14BrN3O3S/c1-25-20(27)15-9-6-13(11-17(15)21(25)28)24-18(26)16-3-2-10-23-19(16)29-14-7-4-12(22)5-8-14/h2-11H,1H3,(H,24,26). The Hall–Kier alpha value is -2.97. The first kappa shape index (κ1) is 19.4. The van der Waals surface area contributed by atoms with Crippen LogP contribution in [0.3, 0.4) is 0 Å². The highest BCUT2D eigenvalue weighted by atomic mass is 79.9. The van der Waals surface area contributed by atoms with Gasteiger partial charge in [-0.1, -0.05) is 27.7 Å². The topological polar surface area (TPSA) is 79.4 Å². The van der Waals surface area contributed by atoms with Crippen LogP contribution in [0.5, 0.6) is 0 Å². The molecular formula is C21H14BrN3O3S. The van der Waals surface area contributed by atoms with Crippen LogP contribution in [0.2, 0.25) is 0 Å². The lowest BCUT2D eigenvalue weighted by molar-refractivity contribution is 0.0692. The number of anilines is 1. The second-order valence-electron chi connectivity index (χ2n) is 6.30. The van der Waals surface area contributed by atoms with Crippen LogP contribution < -0.4 is 5.32 Å². The molecule has 6 nitrogen and oxygen atoms in total. The summed E-state index contributed by atoms with van der Waals surface area (Å²) in [7, 11) is 1.43. The number of carbonyl (C=O) groups excluding carboxylic acids is 3. The van der Waals surface area contributed by atoms with Gasteiger partial charge in [0.15, 0.2) is 0 Å². The van der Waals surface area contributed by atoms with Crippen molar-refractivity contribution in [2.24, 2.45) is 0 Å². The third-order valence-corrected chi connectivity index (χ3v) is 5.95. The van der Waals surface area contributed by atoms with Crippen LogP contribution in [0.25, 0.3) is 0 Å². The Kier molecular flexibility index (Phi) is 5.21. The monoisotopic (exact) mass is 467 g/mol. The highest BCUT2D eigenvalue weighted by Crippen LogP contribution is 2.30. The Labute approximate surface area is 179 Å². The first-order valence-corrected chi connectivity index (χ1v) is 10.2. The average Bonchev–Trinajstić information content (AvgIpc) is 2.94. The van der Waals surface area contributed by atoms with Crippen molar-refractivity contribution in [3.05, 3.63) is 82.0 Å². The molecular weight excluding hydrogens is 454 g/mol. The van der Waals surface area contributed by atoms with Crippen molar-refractivity contribution >= 4 is 51.1 Å². The lowest BCUT2D eigenvalue weighted by Gasteiger charge is -2.10. The molecule has 0 unspecified atom stereocenters. The minimum atomic E-state index is -0.381. The van der Waals surface area contributed by atoms with Crippen LogP contribution in [0.15, 0.2) is 75.2 Å². The highest BCUT2D eigenvalue weighted by Gasteiger charge is 2.32. The van der Waals surface area contributed by atoms with E-state index in [0.717, 1.165) is 14.3 Å². The molecule has 2 heterocycles. The Morgan fingerprint density at radius 1 is 1.03 bits per heavy atom. The molecule has 0 aliphatic carbocycles. The molecule has 0 spiro atoms. The number of hydrogen-bond acceptors (Lipinski definition) is 5. The summed E-state index contributed by atoms with van der Waals surface area (Å²) < 4.78 is 0.969. The van der Waals surface area contributed by atoms with E-state index in [0.29, 0.717) is 21.8 Å². The van der Waals surface area contributed by atoms with Crippen molar-refractivity contribution in [2.75, 3.05) is 12.4 Å². The minimum Gasteiger partial charge on any atom is -0.322 e. The molecule has 2 aromatic carbocycles. The van der Waals surface area contributed by atoms with Gasteiger partial charge in [0.1, 0.15) is 5.03 Å². The Morgan fingerprint density at radius 2 is 1.76 bits per heavy atom. The summed E-state index contributed by atoms with van der Waals surface area (Å²) in [5, 5.41) is 3.36. The molecule has 29 heavy (non-hydrogen) atoms. The SMILES string of the molecule is CN1C(=O)c2ccc(NC(=O)c3cccnc3Sc3ccc(Br)cc3)cc2C1=O. The van der Waals surface area contributed by atoms with Gasteiger partial charge in [-0.15, -0.1) is 0 Å². The third kappa shape index (κ3) is 3.81. The number of imide groups is 1. The lowest BCUT2D eigenvalue weighted by Crippen LogP contribution is -2.24. The molecule has 1 aliphatic rings. The summed E-state index contributed by atoms with van der Waals surface area (Å²) in [6.45, 7) is 0. The summed E-state index contributed by atoms with van der Waals surface area (Å²) in [6.07, 6.45) is 1.63. The number of halogens is 1. The molecule has 0 radical (unpaired) electrons.